The van der Waals surface area contributed by atoms with Gasteiger partial charge in [-0.05, 0) is 95.4 Å². The van der Waals surface area contributed by atoms with Crippen LogP contribution in [0.4, 0.5) is 0 Å². The molecule has 1 aliphatic heterocycles. The monoisotopic (exact) mass is 767 g/mol. The lowest BCUT2D eigenvalue weighted by Crippen LogP contribution is -2.41. The highest BCUT2D eigenvalue weighted by molar-refractivity contribution is 7.99. The fourth-order valence-electron chi connectivity index (χ4n) is 5.63. The number of aromatic nitrogens is 2. The van der Waals surface area contributed by atoms with Gasteiger partial charge in [0.05, 0.1) is 28.8 Å². The summed E-state index contributed by atoms with van der Waals surface area (Å²) in [6.45, 7) is 8.85. The maximum absolute atomic E-state index is 13.7. The van der Waals surface area contributed by atoms with Crippen molar-refractivity contribution >= 4 is 33.5 Å². The van der Waals surface area contributed by atoms with Crippen LogP contribution >= 0.6 is 11.8 Å². The molecule has 2 heterocycles. The minimum Gasteiger partial charge on any atom is -0.462 e. The van der Waals surface area contributed by atoms with Gasteiger partial charge in [0.2, 0.25) is 0 Å². The van der Waals surface area contributed by atoms with Crippen molar-refractivity contribution in [3.05, 3.63) is 100 Å². The highest BCUT2D eigenvalue weighted by Crippen LogP contribution is 2.29. The number of thioether (sulfide) groups is 1. The van der Waals surface area contributed by atoms with E-state index >= 15 is 0 Å². The summed E-state index contributed by atoms with van der Waals surface area (Å²) in [5.74, 6) is -0.451. The Bertz CT molecular complexity index is 1870. The highest BCUT2D eigenvalue weighted by atomic mass is 32.2. The SMILES string of the molecule is CC(C)=CCC/C(C)=C/CC/C(C)=C/CSc1ccccc1C(=O)N1CCC[C@H]1C(=O)OCCOCCOc1no[n+]([O-])c1S(=O)(=O)c1ccccc1. The first-order chi connectivity index (χ1) is 25.5. The maximum atomic E-state index is 13.7. The van der Waals surface area contributed by atoms with E-state index in [9.17, 15) is 23.2 Å². The Morgan fingerprint density at radius 1 is 0.943 bits per heavy atom. The van der Waals surface area contributed by atoms with Crippen molar-refractivity contribution < 1.29 is 41.7 Å². The number of nitrogens with zero attached hydrogens (tertiary/aromatic N) is 3. The molecular weight excluding hydrogens is 719 g/mol. The van der Waals surface area contributed by atoms with Crippen molar-refractivity contribution in [2.75, 3.05) is 38.7 Å². The van der Waals surface area contributed by atoms with Crippen molar-refractivity contribution in [2.24, 2.45) is 0 Å². The van der Waals surface area contributed by atoms with E-state index in [1.165, 1.54) is 41.0 Å². The van der Waals surface area contributed by atoms with E-state index < -0.39 is 32.8 Å². The van der Waals surface area contributed by atoms with Crippen molar-refractivity contribution in [3.63, 3.8) is 0 Å². The van der Waals surface area contributed by atoms with Crippen LogP contribution in [0.3, 0.4) is 0 Å². The van der Waals surface area contributed by atoms with Crippen molar-refractivity contribution in [2.45, 2.75) is 87.1 Å². The molecular formula is C39H49N3O9S2. The molecule has 0 radical (unpaired) electrons. The number of allylic oxidation sites excluding steroid dienone is 5. The first-order valence-corrected chi connectivity index (χ1v) is 20.2. The van der Waals surface area contributed by atoms with Crippen molar-refractivity contribution in [1.82, 2.24) is 10.1 Å². The predicted molar refractivity (Wildman–Crippen MR) is 201 cm³/mol. The zero-order valence-corrected chi connectivity index (χ0v) is 32.5. The number of ether oxygens (including phenoxy) is 3. The standard InChI is InChI=1S/C39H49N3O9S2/c1-29(2)13-10-14-30(3)15-11-16-31(4)22-28-52-35-21-9-8-19-33(35)37(43)41-23-12-20-34(41)39(44)50-27-25-48-24-26-49-36-38(42(45)51-40-36)53(46,47)32-17-6-5-7-18-32/h5-9,13,15,17-19,21-22,34H,10-12,14,16,20,23-28H2,1-4H3/b30-15+,31-22+/t34-/m0/s1. The minimum atomic E-state index is -4.24. The lowest BCUT2D eigenvalue weighted by molar-refractivity contribution is -0.832. The zero-order chi connectivity index (χ0) is 38.2. The Morgan fingerprint density at radius 2 is 1.62 bits per heavy atom. The third-order valence-corrected chi connectivity index (χ3v) is 11.2. The second kappa shape index (κ2) is 20.7. The lowest BCUT2D eigenvalue weighted by Gasteiger charge is -2.24. The van der Waals surface area contributed by atoms with Gasteiger partial charge in [0.15, 0.2) is 0 Å². The molecule has 2 aromatic carbocycles. The normalized spacial score (nSPS) is 15.0. The Balaban J connectivity index is 1.20. The van der Waals surface area contributed by atoms with Crippen LogP contribution in [0, 0.1) is 5.21 Å². The Kier molecular flexibility index (Phi) is 16.2. The smallest absolute Gasteiger partial charge is 0.415 e. The maximum Gasteiger partial charge on any atom is 0.415 e. The molecule has 0 unspecified atom stereocenters. The van der Waals surface area contributed by atoms with Gasteiger partial charge in [0.1, 0.15) is 19.3 Å². The van der Waals surface area contributed by atoms with E-state index in [0.717, 1.165) is 36.3 Å². The predicted octanol–water partition coefficient (Wildman–Crippen LogP) is 6.90. The lowest BCUT2D eigenvalue weighted by atomic mass is 10.1. The molecule has 0 aliphatic carbocycles. The highest BCUT2D eigenvalue weighted by Gasteiger charge is 2.37. The number of carbonyl (C=O) groups is 2. The van der Waals surface area contributed by atoms with Crippen LogP contribution in [0.2, 0.25) is 0 Å². The largest absolute Gasteiger partial charge is 0.462 e. The van der Waals surface area contributed by atoms with E-state index in [0.29, 0.717) is 24.9 Å². The van der Waals surface area contributed by atoms with Gasteiger partial charge in [-0.25, -0.2) is 13.2 Å². The number of hydrogen-bond acceptors (Lipinski definition) is 11. The number of hydrogen-bond donors (Lipinski definition) is 0. The topological polar surface area (TPSA) is 152 Å². The molecule has 1 aromatic heterocycles. The molecule has 53 heavy (non-hydrogen) atoms. The molecule has 4 rings (SSSR count). The Morgan fingerprint density at radius 3 is 2.38 bits per heavy atom. The van der Waals surface area contributed by atoms with Crippen LogP contribution < -0.4 is 9.64 Å². The Labute approximate surface area is 316 Å². The summed E-state index contributed by atoms with van der Waals surface area (Å²) in [4.78, 5) is 28.9. The van der Waals surface area contributed by atoms with Gasteiger partial charge in [0.25, 0.3) is 15.7 Å². The van der Waals surface area contributed by atoms with E-state index in [1.54, 1.807) is 28.8 Å². The van der Waals surface area contributed by atoms with E-state index in [4.69, 9.17) is 14.2 Å². The van der Waals surface area contributed by atoms with Gasteiger partial charge >= 0.3 is 16.9 Å². The number of carbonyl (C=O) groups excluding carboxylic acids is 2. The van der Waals surface area contributed by atoms with Crippen molar-refractivity contribution in [3.8, 4) is 5.88 Å². The number of esters is 1. The quantitative estimate of drug-likeness (QED) is 0.0388. The van der Waals surface area contributed by atoms with Gasteiger partial charge < -0.3 is 24.3 Å². The third-order valence-electron chi connectivity index (χ3n) is 8.49. The van der Waals surface area contributed by atoms with E-state index in [1.807, 2.05) is 18.2 Å². The third kappa shape index (κ3) is 12.3. The number of amides is 1. The molecule has 0 spiro atoms. The summed E-state index contributed by atoms with van der Waals surface area (Å²) in [7, 11) is -4.24. The van der Waals surface area contributed by atoms with Crippen LogP contribution in [0.25, 0.3) is 0 Å². The molecule has 0 saturated carbocycles. The molecule has 286 valence electrons. The Hall–Kier alpha value is -4.40. The summed E-state index contributed by atoms with van der Waals surface area (Å²) in [5.41, 5.74) is 4.64. The van der Waals surface area contributed by atoms with Gasteiger partial charge in [-0.3, -0.25) is 9.42 Å². The van der Waals surface area contributed by atoms with Crippen LogP contribution in [0.5, 0.6) is 5.88 Å². The van der Waals surface area contributed by atoms with Gasteiger partial charge in [0, 0.05) is 17.2 Å². The zero-order valence-electron chi connectivity index (χ0n) is 30.8. The molecule has 1 fully saturated rings. The average molecular weight is 768 g/mol. The van der Waals surface area contributed by atoms with Crippen molar-refractivity contribution in [1.29, 1.82) is 0 Å². The first-order valence-electron chi connectivity index (χ1n) is 17.7. The molecule has 1 saturated heterocycles. The molecule has 0 N–H and O–H groups in total. The fourth-order valence-corrected chi connectivity index (χ4v) is 7.96. The number of likely N-dealkylation sites (tertiary alicyclic amines) is 1. The number of sulfone groups is 1. The average Bonchev–Trinajstić information content (AvgIpc) is 3.78. The summed E-state index contributed by atoms with van der Waals surface area (Å²) >= 11 is 1.61. The molecule has 14 heteroatoms. The number of rotatable bonds is 20. The van der Waals surface area contributed by atoms with Crippen LogP contribution in [0.1, 0.15) is 76.6 Å². The summed E-state index contributed by atoms with van der Waals surface area (Å²) in [6.07, 6.45) is 12.2. The summed E-state index contributed by atoms with van der Waals surface area (Å²) in [5, 5.41) is 14.7. The second-order valence-corrected chi connectivity index (χ2v) is 15.8. The molecule has 1 atom stereocenters. The fraction of sp³-hybridized carbons (Fsp3) is 0.436. The summed E-state index contributed by atoms with van der Waals surface area (Å²) < 4.78 is 46.5. The molecule has 1 aliphatic rings. The van der Waals surface area contributed by atoms with Crippen LogP contribution in [0.15, 0.2) is 109 Å². The molecule has 3 aromatic rings. The van der Waals surface area contributed by atoms with Gasteiger partial charge in [-0.1, -0.05) is 65.3 Å². The van der Waals surface area contributed by atoms with Crippen LogP contribution in [-0.2, 0) is 24.1 Å². The van der Waals surface area contributed by atoms with E-state index in [2.05, 4.69) is 55.7 Å². The van der Waals surface area contributed by atoms with Gasteiger partial charge in [-0.2, -0.15) is 0 Å². The molecule has 0 bridgehead atoms. The van der Waals surface area contributed by atoms with Gasteiger partial charge in [-0.15, -0.1) is 11.8 Å². The first kappa shape index (κ1) is 41.4. The molecule has 12 nitrogen and oxygen atoms in total. The number of benzene rings is 2. The van der Waals surface area contributed by atoms with Crippen LogP contribution in [-0.4, -0.2) is 75.1 Å². The van der Waals surface area contributed by atoms with E-state index in [-0.39, 0.29) is 42.1 Å². The molecule has 1 amide bonds. The minimum absolute atomic E-state index is 0.0150. The summed E-state index contributed by atoms with van der Waals surface area (Å²) in [6, 6.07) is 14.2. The second-order valence-electron chi connectivity index (χ2n) is 12.9.